The number of aryl methyl sites for hydroxylation is 1. The molecule has 6 nitrogen and oxygen atoms in total. The minimum Gasteiger partial charge on any atom is -0.300 e. The molecule has 0 radical (unpaired) electrons. The van der Waals surface area contributed by atoms with Crippen LogP contribution in [0.25, 0.3) is 0 Å². The summed E-state index contributed by atoms with van der Waals surface area (Å²) in [6, 6.07) is 1.18. The Morgan fingerprint density at radius 1 is 1.40 bits per heavy atom. The lowest BCUT2D eigenvalue weighted by atomic mass is 10.6. The average molecular weight is 232 g/mol. The van der Waals surface area contributed by atoms with Crippen LogP contribution in [0.2, 0.25) is 0 Å². The summed E-state index contributed by atoms with van der Waals surface area (Å²) < 4.78 is 23.5. The van der Waals surface area contributed by atoms with Gasteiger partial charge >= 0.3 is 5.69 Å². The summed E-state index contributed by atoms with van der Waals surface area (Å²) in [5, 5.41) is 0. The van der Waals surface area contributed by atoms with Gasteiger partial charge < -0.3 is 0 Å². The summed E-state index contributed by atoms with van der Waals surface area (Å²) >= 11 is 0. The lowest BCUT2D eigenvalue weighted by Crippen LogP contribution is -2.30. The minimum absolute atomic E-state index is 0.0467. The highest BCUT2D eigenvalue weighted by Crippen LogP contribution is 1.90. The Balaban J connectivity index is 2.84. The van der Waals surface area contributed by atoms with Crippen molar-refractivity contribution in [2.45, 2.75) is 13.5 Å². The van der Waals surface area contributed by atoms with E-state index < -0.39 is 21.1 Å². The van der Waals surface area contributed by atoms with Gasteiger partial charge in [0.25, 0.3) is 5.56 Å². The third kappa shape index (κ3) is 3.35. The van der Waals surface area contributed by atoms with Crippen molar-refractivity contribution in [1.82, 2.24) is 9.55 Å². The van der Waals surface area contributed by atoms with Crippen molar-refractivity contribution in [3.63, 3.8) is 0 Å². The van der Waals surface area contributed by atoms with E-state index in [4.69, 9.17) is 0 Å². The quantitative estimate of drug-likeness (QED) is 0.719. The maximum atomic E-state index is 11.2. The molecule has 1 heterocycles. The zero-order valence-electron chi connectivity index (χ0n) is 8.26. The summed E-state index contributed by atoms with van der Waals surface area (Å²) in [6.45, 7) is 1.61. The first kappa shape index (κ1) is 11.7. The van der Waals surface area contributed by atoms with Crippen molar-refractivity contribution in [3.05, 3.63) is 33.1 Å². The van der Waals surface area contributed by atoms with Crippen LogP contribution >= 0.6 is 0 Å². The number of rotatable bonds is 4. The molecule has 0 aromatic carbocycles. The van der Waals surface area contributed by atoms with E-state index >= 15 is 0 Å². The molecule has 0 aliphatic heterocycles. The zero-order valence-corrected chi connectivity index (χ0v) is 9.08. The van der Waals surface area contributed by atoms with Crippen LogP contribution in [0, 0.1) is 0 Å². The van der Waals surface area contributed by atoms with E-state index in [9.17, 15) is 18.0 Å². The van der Waals surface area contributed by atoms with E-state index in [0.717, 1.165) is 4.57 Å². The van der Waals surface area contributed by atoms with Gasteiger partial charge in [-0.3, -0.25) is 14.3 Å². The van der Waals surface area contributed by atoms with Crippen LogP contribution in [0.5, 0.6) is 0 Å². The maximum Gasteiger partial charge on any atom is 0.328 e. The number of H-pyrrole nitrogens is 1. The molecule has 7 heteroatoms. The van der Waals surface area contributed by atoms with Gasteiger partial charge in [0.05, 0.1) is 5.75 Å². The van der Waals surface area contributed by atoms with E-state index in [2.05, 4.69) is 4.98 Å². The Labute approximate surface area is 86.5 Å². The Morgan fingerprint density at radius 2 is 2.07 bits per heavy atom. The van der Waals surface area contributed by atoms with Gasteiger partial charge in [0.15, 0.2) is 9.84 Å². The Hall–Kier alpha value is -1.37. The highest BCUT2D eigenvalue weighted by Gasteiger charge is 2.07. The molecule has 0 fully saturated rings. The first-order valence-electron chi connectivity index (χ1n) is 4.45. The number of aromatic amines is 1. The molecule has 0 saturated carbocycles. The third-order valence-electron chi connectivity index (χ3n) is 1.98. The van der Waals surface area contributed by atoms with Crippen molar-refractivity contribution in [2.75, 3.05) is 11.5 Å². The molecule has 0 aliphatic rings. The second-order valence-corrected chi connectivity index (χ2v) is 5.51. The standard InChI is InChI=1S/C8H12N2O4S/c1-2-15(13,14)6-5-10-4-3-7(11)9-8(10)12/h3-4H,2,5-6H2,1H3,(H,9,11,12). The Kier molecular flexibility index (Phi) is 3.46. The molecule has 0 aliphatic carbocycles. The lowest BCUT2D eigenvalue weighted by Gasteiger charge is -2.03. The van der Waals surface area contributed by atoms with Crippen molar-refractivity contribution in [3.8, 4) is 0 Å². The molecular formula is C8H12N2O4S. The van der Waals surface area contributed by atoms with E-state index in [-0.39, 0.29) is 18.1 Å². The van der Waals surface area contributed by atoms with Crippen LogP contribution in [0.4, 0.5) is 0 Å². The third-order valence-corrected chi connectivity index (χ3v) is 3.66. The summed E-state index contributed by atoms with van der Waals surface area (Å²) in [7, 11) is -3.10. The van der Waals surface area contributed by atoms with Crippen molar-refractivity contribution in [1.29, 1.82) is 0 Å². The molecule has 0 unspecified atom stereocenters. The van der Waals surface area contributed by atoms with Crippen LogP contribution in [0.1, 0.15) is 6.92 Å². The summed E-state index contributed by atoms with van der Waals surface area (Å²) in [4.78, 5) is 23.9. The van der Waals surface area contributed by atoms with Gasteiger partial charge in [0.1, 0.15) is 0 Å². The number of aromatic nitrogens is 2. The van der Waals surface area contributed by atoms with Crippen LogP contribution in [0.3, 0.4) is 0 Å². The lowest BCUT2D eigenvalue weighted by molar-refractivity contribution is 0.586. The second-order valence-electron chi connectivity index (χ2n) is 3.04. The first-order chi connectivity index (χ1) is 6.94. The molecule has 84 valence electrons. The second kappa shape index (κ2) is 4.43. The number of sulfone groups is 1. The summed E-state index contributed by atoms with van der Waals surface area (Å²) in [5.41, 5.74) is -1.08. The van der Waals surface area contributed by atoms with Gasteiger partial charge in [0.2, 0.25) is 0 Å². The van der Waals surface area contributed by atoms with Crippen LogP contribution in [-0.2, 0) is 16.4 Å². The van der Waals surface area contributed by atoms with E-state index in [1.54, 1.807) is 6.92 Å². The Morgan fingerprint density at radius 3 is 2.60 bits per heavy atom. The van der Waals surface area contributed by atoms with Crippen LogP contribution < -0.4 is 11.2 Å². The predicted octanol–water partition coefficient (Wildman–Crippen LogP) is -1.03. The van der Waals surface area contributed by atoms with E-state index in [1.807, 2.05) is 0 Å². The average Bonchev–Trinajstić information content (AvgIpc) is 2.16. The van der Waals surface area contributed by atoms with Gasteiger partial charge in [-0.25, -0.2) is 13.2 Å². The van der Waals surface area contributed by atoms with Gasteiger partial charge in [-0.1, -0.05) is 6.92 Å². The Bertz CT molecular complexity index is 540. The number of hydrogen-bond acceptors (Lipinski definition) is 4. The number of nitrogens with one attached hydrogen (secondary N) is 1. The fourth-order valence-corrected chi connectivity index (χ4v) is 1.77. The molecule has 0 bridgehead atoms. The van der Waals surface area contributed by atoms with Gasteiger partial charge in [-0.15, -0.1) is 0 Å². The van der Waals surface area contributed by atoms with E-state index in [1.165, 1.54) is 12.3 Å². The fraction of sp³-hybridized carbons (Fsp3) is 0.500. The minimum atomic E-state index is -3.10. The number of nitrogens with zero attached hydrogens (tertiary/aromatic N) is 1. The summed E-state index contributed by atoms with van der Waals surface area (Å²) in [5.74, 6) is -0.0550. The van der Waals surface area contributed by atoms with Crippen molar-refractivity contribution >= 4 is 9.84 Å². The normalized spacial score (nSPS) is 11.5. The first-order valence-corrected chi connectivity index (χ1v) is 6.27. The monoisotopic (exact) mass is 232 g/mol. The van der Waals surface area contributed by atoms with Crippen LogP contribution in [-0.4, -0.2) is 29.5 Å². The van der Waals surface area contributed by atoms with Gasteiger partial charge in [-0.2, -0.15) is 0 Å². The molecule has 0 spiro atoms. The topological polar surface area (TPSA) is 89.0 Å². The largest absolute Gasteiger partial charge is 0.328 e. The zero-order chi connectivity index (χ0) is 11.5. The molecule has 0 atom stereocenters. The SMILES string of the molecule is CCS(=O)(=O)CCn1ccc(=O)[nH]c1=O. The molecule has 1 aromatic heterocycles. The van der Waals surface area contributed by atoms with Crippen LogP contribution in [0.15, 0.2) is 21.9 Å². The van der Waals surface area contributed by atoms with E-state index in [0.29, 0.717) is 0 Å². The van der Waals surface area contributed by atoms with Crippen molar-refractivity contribution in [2.24, 2.45) is 0 Å². The molecule has 1 rings (SSSR count). The molecule has 0 saturated heterocycles. The highest BCUT2D eigenvalue weighted by molar-refractivity contribution is 7.91. The molecule has 0 amide bonds. The molecular weight excluding hydrogens is 220 g/mol. The highest BCUT2D eigenvalue weighted by atomic mass is 32.2. The molecule has 15 heavy (non-hydrogen) atoms. The maximum absolute atomic E-state index is 11.2. The number of hydrogen-bond donors (Lipinski definition) is 1. The summed E-state index contributed by atoms with van der Waals surface area (Å²) in [6.07, 6.45) is 1.28. The van der Waals surface area contributed by atoms with Gasteiger partial charge in [-0.05, 0) is 0 Å². The molecule has 1 aromatic rings. The fourth-order valence-electron chi connectivity index (χ4n) is 1.00. The van der Waals surface area contributed by atoms with Crippen molar-refractivity contribution < 1.29 is 8.42 Å². The smallest absolute Gasteiger partial charge is 0.300 e. The molecule has 1 N–H and O–H groups in total. The van der Waals surface area contributed by atoms with Gasteiger partial charge in [0, 0.05) is 24.6 Å². The predicted molar refractivity (Wildman–Crippen MR) is 55.7 cm³/mol.